The van der Waals surface area contributed by atoms with Gasteiger partial charge in [0.2, 0.25) is 0 Å². The normalized spacial score (nSPS) is 17.2. The van der Waals surface area contributed by atoms with Gasteiger partial charge < -0.3 is 15.4 Å². The Labute approximate surface area is 153 Å². The van der Waals surface area contributed by atoms with Crippen molar-refractivity contribution in [3.63, 3.8) is 0 Å². The molecular weight excluding hydrogens is 327 g/mol. The lowest BCUT2D eigenvalue weighted by Crippen LogP contribution is -2.34. The number of anilines is 1. The molecular formula is C22H23FN2O. The summed E-state index contributed by atoms with van der Waals surface area (Å²) in [5.41, 5.74) is 2.16. The molecule has 2 atom stereocenters. The highest BCUT2D eigenvalue weighted by Gasteiger charge is 2.19. The monoisotopic (exact) mass is 350 g/mol. The van der Waals surface area contributed by atoms with Gasteiger partial charge in [0.15, 0.2) is 0 Å². The molecule has 2 unspecified atom stereocenters. The summed E-state index contributed by atoms with van der Waals surface area (Å²) in [6, 6.07) is 19.8. The molecule has 0 spiro atoms. The van der Waals surface area contributed by atoms with Gasteiger partial charge in [-0.1, -0.05) is 42.5 Å². The molecule has 26 heavy (non-hydrogen) atoms. The summed E-state index contributed by atoms with van der Waals surface area (Å²) in [4.78, 5) is 0. The van der Waals surface area contributed by atoms with Gasteiger partial charge in [-0.25, -0.2) is 4.39 Å². The molecule has 4 heteroatoms. The Morgan fingerprint density at radius 1 is 1.15 bits per heavy atom. The molecule has 4 rings (SSSR count). The van der Waals surface area contributed by atoms with Crippen LogP contribution >= 0.6 is 0 Å². The molecule has 3 aromatic rings. The molecule has 1 aliphatic rings. The van der Waals surface area contributed by atoms with E-state index < -0.39 is 0 Å². The Hall–Kier alpha value is -2.59. The Morgan fingerprint density at radius 3 is 2.92 bits per heavy atom. The summed E-state index contributed by atoms with van der Waals surface area (Å²) in [6.07, 6.45) is 0.898. The Balaban J connectivity index is 1.36. The maximum Gasteiger partial charge on any atom is 0.145 e. The zero-order valence-electron chi connectivity index (χ0n) is 14.8. The number of rotatable bonds is 5. The van der Waals surface area contributed by atoms with E-state index in [-0.39, 0.29) is 18.0 Å². The third-order valence-corrected chi connectivity index (χ3v) is 4.96. The molecule has 2 N–H and O–H groups in total. The van der Waals surface area contributed by atoms with E-state index in [4.69, 9.17) is 4.74 Å². The van der Waals surface area contributed by atoms with Crippen molar-refractivity contribution in [1.82, 2.24) is 5.32 Å². The van der Waals surface area contributed by atoms with Gasteiger partial charge >= 0.3 is 0 Å². The average molecular weight is 350 g/mol. The van der Waals surface area contributed by atoms with Gasteiger partial charge in [0.25, 0.3) is 0 Å². The number of hydrogen-bond acceptors (Lipinski definition) is 3. The van der Waals surface area contributed by atoms with Crippen LogP contribution in [0.1, 0.15) is 24.9 Å². The first-order chi connectivity index (χ1) is 12.7. The number of benzene rings is 3. The highest BCUT2D eigenvalue weighted by molar-refractivity contribution is 5.86. The van der Waals surface area contributed by atoms with Crippen LogP contribution < -0.4 is 15.4 Å². The lowest BCUT2D eigenvalue weighted by molar-refractivity contribution is 0.193. The fourth-order valence-electron chi connectivity index (χ4n) is 3.54. The first kappa shape index (κ1) is 16.9. The summed E-state index contributed by atoms with van der Waals surface area (Å²) in [5, 5.41) is 9.45. The molecule has 3 aromatic carbocycles. The van der Waals surface area contributed by atoms with Gasteiger partial charge in [0, 0.05) is 12.1 Å². The van der Waals surface area contributed by atoms with Crippen LogP contribution in [0.5, 0.6) is 5.75 Å². The second kappa shape index (κ2) is 7.34. The molecule has 0 aromatic heterocycles. The highest BCUT2D eigenvalue weighted by atomic mass is 19.1. The Morgan fingerprint density at radius 2 is 2.00 bits per heavy atom. The quantitative estimate of drug-likeness (QED) is 0.687. The number of halogens is 1. The SMILES string of the molecule is CC(NCCC1CNc2ccc(F)cc2O1)c1cccc2ccccc12. The van der Waals surface area contributed by atoms with Gasteiger partial charge in [-0.3, -0.25) is 0 Å². The van der Waals surface area contributed by atoms with E-state index in [9.17, 15) is 4.39 Å². The van der Waals surface area contributed by atoms with Gasteiger partial charge in [-0.15, -0.1) is 0 Å². The predicted octanol–water partition coefficient (Wildman–Crippen LogP) is 4.89. The van der Waals surface area contributed by atoms with Crippen molar-refractivity contribution in [3.05, 3.63) is 72.0 Å². The number of ether oxygens (including phenoxy) is 1. The van der Waals surface area contributed by atoms with Crippen LogP contribution in [0.4, 0.5) is 10.1 Å². The highest BCUT2D eigenvalue weighted by Crippen LogP contribution is 2.30. The number of nitrogens with one attached hydrogen (secondary N) is 2. The smallest absolute Gasteiger partial charge is 0.145 e. The summed E-state index contributed by atoms with van der Waals surface area (Å²) in [7, 11) is 0. The van der Waals surface area contributed by atoms with E-state index in [0.29, 0.717) is 5.75 Å². The predicted molar refractivity (Wildman–Crippen MR) is 104 cm³/mol. The molecule has 0 amide bonds. The van der Waals surface area contributed by atoms with E-state index in [2.05, 4.69) is 60.0 Å². The van der Waals surface area contributed by atoms with E-state index in [0.717, 1.165) is 25.2 Å². The third-order valence-electron chi connectivity index (χ3n) is 4.96. The van der Waals surface area contributed by atoms with Crippen molar-refractivity contribution < 1.29 is 9.13 Å². The molecule has 1 aliphatic heterocycles. The van der Waals surface area contributed by atoms with Gasteiger partial charge in [0.05, 0.1) is 12.2 Å². The topological polar surface area (TPSA) is 33.3 Å². The average Bonchev–Trinajstić information content (AvgIpc) is 2.67. The second-order valence-electron chi connectivity index (χ2n) is 6.79. The van der Waals surface area contributed by atoms with Crippen LogP contribution in [-0.2, 0) is 0 Å². The largest absolute Gasteiger partial charge is 0.486 e. The lowest BCUT2D eigenvalue weighted by Gasteiger charge is -2.28. The molecule has 0 bridgehead atoms. The maximum atomic E-state index is 13.4. The van der Waals surface area contributed by atoms with Crippen molar-refractivity contribution in [3.8, 4) is 5.75 Å². The molecule has 0 aliphatic carbocycles. The lowest BCUT2D eigenvalue weighted by atomic mass is 9.99. The number of hydrogen-bond donors (Lipinski definition) is 2. The minimum absolute atomic E-state index is 0.0384. The Bertz CT molecular complexity index is 906. The third kappa shape index (κ3) is 3.51. The van der Waals surface area contributed by atoms with Crippen LogP contribution in [0.15, 0.2) is 60.7 Å². The van der Waals surface area contributed by atoms with Gasteiger partial charge in [0.1, 0.15) is 17.7 Å². The fourth-order valence-corrected chi connectivity index (χ4v) is 3.54. The Kier molecular flexibility index (Phi) is 4.76. The van der Waals surface area contributed by atoms with E-state index in [1.54, 1.807) is 6.07 Å². The first-order valence-electron chi connectivity index (χ1n) is 9.12. The van der Waals surface area contributed by atoms with Gasteiger partial charge in [-0.05, 0) is 48.4 Å². The summed E-state index contributed by atoms with van der Waals surface area (Å²) in [6.45, 7) is 3.76. The van der Waals surface area contributed by atoms with Crippen molar-refractivity contribution in [1.29, 1.82) is 0 Å². The van der Waals surface area contributed by atoms with Gasteiger partial charge in [-0.2, -0.15) is 0 Å². The number of fused-ring (bicyclic) bond motifs is 2. The maximum absolute atomic E-state index is 13.4. The molecule has 1 heterocycles. The minimum atomic E-state index is -0.270. The molecule has 3 nitrogen and oxygen atoms in total. The molecule has 0 fully saturated rings. The van der Waals surface area contributed by atoms with Crippen molar-refractivity contribution >= 4 is 16.5 Å². The van der Waals surface area contributed by atoms with Crippen LogP contribution in [0.2, 0.25) is 0 Å². The van der Waals surface area contributed by atoms with E-state index in [1.165, 1.54) is 28.5 Å². The second-order valence-corrected chi connectivity index (χ2v) is 6.79. The molecule has 134 valence electrons. The summed E-state index contributed by atoms with van der Waals surface area (Å²) >= 11 is 0. The summed E-state index contributed by atoms with van der Waals surface area (Å²) < 4.78 is 19.3. The van der Waals surface area contributed by atoms with Crippen LogP contribution in [0.3, 0.4) is 0 Å². The molecule has 0 saturated heterocycles. The zero-order chi connectivity index (χ0) is 17.9. The molecule has 0 saturated carbocycles. The fraction of sp³-hybridized carbons (Fsp3) is 0.273. The van der Waals surface area contributed by atoms with Crippen molar-refractivity contribution in [2.45, 2.75) is 25.5 Å². The zero-order valence-corrected chi connectivity index (χ0v) is 14.8. The van der Waals surface area contributed by atoms with Crippen molar-refractivity contribution in [2.24, 2.45) is 0 Å². The van der Waals surface area contributed by atoms with Crippen molar-refractivity contribution in [2.75, 3.05) is 18.4 Å². The van der Waals surface area contributed by atoms with E-state index >= 15 is 0 Å². The van der Waals surface area contributed by atoms with E-state index in [1.807, 2.05) is 0 Å². The standard InChI is InChI=1S/C22H23FN2O/c1-15(19-8-4-6-16-5-2-3-7-20(16)19)24-12-11-18-14-25-21-10-9-17(23)13-22(21)26-18/h2-10,13,15,18,24-25H,11-12,14H2,1H3. The van der Waals surface area contributed by atoms with Crippen LogP contribution in [-0.4, -0.2) is 19.2 Å². The first-order valence-corrected chi connectivity index (χ1v) is 9.12. The van der Waals surface area contributed by atoms with Crippen LogP contribution in [0, 0.1) is 5.82 Å². The summed E-state index contributed by atoms with van der Waals surface area (Å²) in [5.74, 6) is 0.331. The van der Waals surface area contributed by atoms with Crippen LogP contribution in [0.25, 0.3) is 10.8 Å². The minimum Gasteiger partial charge on any atom is -0.486 e. The molecule has 0 radical (unpaired) electrons.